The van der Waals surface area contributed by atoms with Crippen LogP contribution < -0.4 is 0 Å². The number of nitrogens with zero attached hydrogens (tertiary/aromatic N) is 2. The molecule has 3 aromatic carbocycles. The summed E-state index contributed by atoms with van der Waals surface area (Å²) in [6.07, 6.45) is 2.57. The van der Waals surface area contributed by atoms with Gasteiger partial charge in [-0.1, -0.05) is 96.2 Å². The van der Waals surface area contributed by atoms with Crippen LogP contribution in [0.15, 0.2) is 102 Å². The summed E-state index contributed by atoms with van der Waals surface area (Å²) in [5, 5.41) is 17.2. The predicted molar refractivity (Wildman–Crippen MR) is 144 cm³/mol. The van der Waals surface area contributed by atoms with Gasteiger partial charge in [0, 0.05) is 24.7 Å². The minimum atomic E-state index is -1.35. The zero-order valence-electron chi connectivity index (χ0n) is 20.5. The van der Waals surface area contributed by atoms with E-state index in [0.29, 0.717) is 10.9 Å². The van der Waals surface area contributed by atoms with Gasteiger partial charge in [-0.25, -0.2) is 0 Å². The van der Waals surface area contributed by atoms with E-state index < -0.39 is 5.60 Å². The molecule has 3 aliphatic heterocycles. The van der Waals surface area contributed by atoms with Crippen LogP contribution in [0.3, 0.4) is 0 Å². The van der Waals surface area contributed by atoms with Gasteiger partial charge in [-0.05, 0) is 22.6 Å². The molecule has 7 rings (SSSR count). The van der Waals surface area contributed by atoms with Crippen LogP contribution >= 0.6 is 11.8 Å². The molecule has 4 heterocycles. The van der Waals surface area contributed by atoms with Gasteiger partial charge < -0.3 is 14.1 Å². The summed E-state index contributed by atoms with van der Waals surface area (Å²) in [6.45, 7) is 4.41. The Morgan fingerprint density at radius 3 is 2.06 bits per heavy atom. The maximum absolute atomic E-state index is 12.1. The van der Waals surface area contributed by atoms with Crippen LogP contribution in [0.5, 0.6) is 0 Å². The van der Waals surface area contributed by atoms with Crippen LogP contribution in [0, 0.1) is 5.92 Å². The van der Waals surface area contributed by atoms with Gasteiger partial charge in [0.15, 0.2) is 11.4 Å². The van der Waals surface area contributed by atoms with Crippen LogP contribution in [0.4, 0.5) is 0 Å². The highest BCUT2D eigenvalue weighted by molar-refractivity contribution is 7.99. The zero-order valence-corrected chi connectivity index (χ0v) is 21.3. The molecule has 1 aromatic heterocycles. The van der Waals surface area contributed by atoms with Gasteiger partial charge in [0.1, 0.15) is 12.2 Å². The second-order valence-corrected chi connectivity index (χ2v) is 11.7. The average Bonchev–Trinajstić information content (AvgIpc) is 3.42. The third kappa shape index (κ3) is 4.52. The minimum Gasteiger partial charge on any atom is -0.374 e. The van der Waals surface area contributed by atoms with E-state index in [1.165, 1.54) is 38.0 Å². The van der Waals surface area contributed by atoms with Crippen LogP contribution in [0.1, 0.15) is 41.0 Å². The SMILES string of the molecule is OC(c1ccccc1)(c1ccccc1)c1cc(C[N+]23CCC(CC2)[C@@H](SCc2ccccc2)C3)on1. The zero-order chi connectivity index (χ0) is 24.4. The molecule has 1 N–H and O–H groups in total. The maximum Gasteiger partial charge on any atom is 0.191 e. The Kier molecular flexibility index (Phi) is 6.46. The maximum atomic E-state index is 12.1. The molecule has 3 saturated heterocycles. The summed E-state index contributed by atoms with van der Waals surface area (Å²) in [5.41, 5.74) is 2.19. The van der Waals surface area contributed by atoms with Gasteiger partial charge in [-0.15, -0.1) is 11.8 Å². The smallest absolute Gasteiger partial charge is 0.191 e. The van der Waals surface area contributed by atoms with Gasteiger partial charge in [-0.2, -0.15) is 0 Å². The Balaban J connectivity index is 1.23. The molecule has 2 bridgehead atoms. The number of fused-ring (bicyclic) bond motifs is 3. The van der Waals surface area contributed by atoms with Crippen molar-refractivity contribution in [2.75, 3.05) is 19.6 Å². The normalized spacial score (nSPS) is 23.6. The van der Waals surface area contributed by atoms with E-state index in [1.807, 2.05) is 66.7 Å². The quantitative estimate of drug-likeness (QED) is 0.303. The van der Waals surface area contributed by atoms with Gasteiger partial charge in [0.2, 0.25) is 0 Å². The second kappa shape index (κ2) is 9.89. The fraction of sp³-hybridized carbons (Fsp3) is 0.323. The van der Waals surface area contributed by atoms with E-state index in [2.05, 4.69) is 47.3 Å². The Bertz CT molecular complexity index is 1230. The highest BCUT2D eigenvalue weighted by atomic mass is 32.2. The lowest BCUT2D eigenvalue weighted by molar-refractivity contribution is -0.954. The number of quaternary nitrogens is 1. The molecule has 3 aliphatic rings. The topological polar surface area (TPSA) is 46.3 Å². The predicted octanol–water partition coefficient (Wildman–Crippen LogP) is 6.00. The number of thioether (sulfide) groups is 1. The first-order chi connectivity index (χ1) is 17.6. The van der Waals surface area contributed by atoms with Crippen molar-refractivity contribution >= 4 is 11.8 Å². The largest absolute Gasteiger partial charge is 0.374 e. The molecule has 0 saturated carbocycles. The van der Waals surface area contributed by atoms with Crippen LogP contribution in [-0.4, -0.2) is 39.6 Å². The van der Waals surface area contributed by atoms with Gasteiger partial charge in [0.25, 0.3) is 0 Å². The molecule has 4 nitrogen and oxygen atoms in total. The fourth-order valence-corrected chi connectivity index (χ4v) is 7.68. The molecule has 0 spiro atoms. The van der Waals surface area contributed by atoms with E-state index >= 15 is 0 Å². The minimum absolute atomic E-state index is 0.551. The highest BCUT2D eigenvalue weighted by Gasteiger charge is 2.47. The lowest BCUT2D eigenvalue weighted by Gasteiger charge is -2.52. The summed E-state index contributed by atoms with van der Waals surface area (Å²) in [6, 6.07) is 32.3. The van der Waals surface area contributed by atoms with E-state index in [4.69, 9.17) is 4.52 Å². The number of benzene rings is 3. The summed E-state index contributed by atoms with van der Waals surface area (Å²) < 4.78 is 7.00. The Morgan fingerprint density at radius 2 is 1.44 bits per heavy atom. The van der Waals surface area contributed by atoms with Crippen molar-refractivity contribution in [1.82, 2.24) is 5.16 Å². The van der Waals surface area contributed by atoms with Crippen LogP contribution in [0.25, 0.3) is 0 Å². The summed E-state index contributed by atoms with van der Waals surface area (Å²) >= 11 is 2.12. The summed E-state index contributed by atoms with van der Waals surface area (Å²) in [5.74, 6) is 2.77. The average molecular weight is 498 g/mol. The van der Waals surface area contributed by atoms with Crippen molar-refractivity contribution in [3.05, 3.63) is 125 Å². The number of hydrogen-bond acceptors (Lipinski definition) is 4. The molecular weight excluding hydrogens is 464 g/mol. The number of rotatable bonds is 8. The van der Waals surface area contributed by atoms with Gasteiger partial charge in [0.05, 0.1) is 24.9 Å². The number of aromatic nitrogens is 1. The molecule has 0 aliphatic carbocycles. The monoisotopic (exact) mass is 497 g/mol. The molecule has 0 unspecified atom stereocenters. The second-order valence-electron chi connectivity index (χ2n) is 10.4. The third-order valence-corrected chi connectivity index (χ3v) is 9.61. The van der Waals surface area contributed by atoms with Crippen LogP contribution in [-0.2, 0) is 17.9 Å². The third-order valence-electron chi connectivity index (χ3n) is 8.15. The Hall–Kier alpha value is -2.86. The van der Waals surface area contributed by atoms with Crippen molar-refractivity contribution in [1.29, 1.82) is 0 Å². The van der Waals surface area contributed by atoms with Crippen LogP contribution in [0.2, 0.25) is 0 Å². The summed E-state index contributed by atoms with van der Waals surface area (Å²) in [4.78, 5) is 0. The molecule has 3 fully saturated rings. The molecule has 0 radical (unpaired) electrons. The van der Waals surface area contributed by atoms with Gasteiger partial charge in [-0.3, -0.25) is 0 Å². The molecule has 1 atom stereocenters. The number of piperidine rings is 3. The first-order valence-electron chi connectivity index (χ1n) is 12.9. The Morgan fingerprint density at radius 1 is 0.861 bits per heavy atom. The first-order valence-corrected chi connectivity index (χ1v) is 14.0. The number of aliphatic hydroxyl groups is 1. The van der Waals surface area contributed by atoms with Crippen molar-refractivity contribution in [3.8, 4) is 0 Å². The standard InChI is InChI=1S/C31H33N2O2S/c34-31(26-12-6-2-7-13-26,27-14-8-3-9-15-27)30-20-28(35-32-30)21-33-18-16-25(17-19-33)29(22-33)36-23-24-10-4-1-5-11-24/h1-15,20,25,29,34H,16-19,21-23H2/q+1/t25?,29-,33?/m0/s1. The number of hydrogen-bond donors (Lipinski definition) is 1. The van der Waals surface area contributed by atoms with Gasteiger partial charge >= 0.3 is 0 Å². The van der Waals surface area contributed by atoms with E-state index in [9.17, 15) is 5.11 Å². The molecular formula is C31H33N2O2S+. The fourth-order valence-electron chi connectivity index (χ4n) is 6.12. The molecule has 184 valence electrons. The van der Waals surface area contributed by atoms with Crippen molar-refractivity contribution in [3.63, 3.8) is 0 Å². The highest BCUT2D eigenvalue weighted by Crippen LogP contribution is 2.42. The Labute approximate surface area is 217 Å². The molecule has 36 heavy (non-hydrogen) atoms. The van der Waals surface area contributed by atoms with Crippen molar-refractivity contribution in [2.24, 2.45) is 5.92 Å². The van der Waals surface area contributed by atoms with Crippen molar-refractivity contribution < 1.29 is 14.1 Å². The molecule has 4 aromatic rings. The summed E-state index contributed by atoms with van der Waals surface area (Å²) in [7, 11) is 0. The molecule has 0 amide bonds. The van der Waals surface area contributed by atoms with E-state index in [0.717, 1.165) is 39.6 Å². The van der Waals surface area contributed by atoms with Crippen molar-refractivity contribution in [2.45, 2.75) is 36.0 Å². The molecule has 5 heteroatoms. The van der Waals surface area contributed by atoms with E-state index in [-0.39, 0.29) is 0 Å². The lowest BCUT2D eigenvalue weighted by atomic mass is 9.83. The first kappa shape index (κ1) is 23.5. The lowest BCUT2D eigenvalue weighted by Crippen LogP contribution is -2.62. The van der Waals surface area contributed by atoms with E-state index in [1.54, 1.807) is 0 Å².